The molecule has 0 aliphatic rings. The van der Waals surface area contributed by atoms with Gasteiger partial charge in [-0.1, -0.05) is 42.5 Å². The summed E-state index contributed by atoms with van der Waals surface area (Å²) in [4.78, 5) is 36.5. The van der Waals surface area contributed by atoms with Crippen LogP contribution in [0.25, 0.3) is 0 Å². The van der Waals surface area contributed by atoms with Gasteiger partial charge >= 0.3 is 0 Å². The van der Waals surface area contributed by atoms with E-state index in [2.05, 4.69) is 10.6 Å². The zero-order valence-electron chi connectivity index (χ0n) is 15.6. The minimum Gasteiger partial charge on any atom is -0.459 e. The summed E-state index contributed by atoms with van der Waals surface area (Å²) in [5, 5.41) is 5.51. The fourth-order valence-electron chi connectivity index (χ4n) is 2.84. The molecule has 7 heteroatoms. The van der Waals surface area contributed by atoms with Crippen molar-refractivity contribution >= 4 is 17.7 Å². The molecule has 2 aromatic carbocycles. The molecule has 1 unspecified atom stereocenters. The second-order valence-corrected chi connectivity index (χ2v) is 6.48. The molecule has 29 heavy (non-hydrogen) atoms. The summed E-state index contributed by atoms with van der Waals surface area (Å²) < 4.78 is 5.10. The van der Waals surface area contributed by atoms with Crippen LogP contribution in [0.1, 0.15) is 32.0 Å². The highest BCUT2D eigenvalue weighted by molar-refractivity contribution is 5.95. The number of carbonyl (C=O) groups excluding carboxylic acids is 3. The Labute approximate surface area is 167 Å². The number of primary amides is 1. The maximum absolute atomic E-state index is 12.8. The molecule has 3 aromatic rings. The topological polar surface area (TPSA) is 114 Å². The van der Waals surface area contributed by atoms with Crippen LogP contribution in [0.3, 0.4) is 0 Å². The van der Waals surface area contributed by atoms with Crippen LogP contribution >= 0.6 is 0 Å². The second kappa shape index (κ2) is 9.36. The number of nitrogens with two attached hydrogens (primary N) is 1. The van der Waals surface area contributed by atoms with Gasteiger partial charge in [-0.2, -0.15) is 0 Å². The van der Waals surface area contributed by atoms with Crippen molar-refractivity contribution in [2.45, 2.75) is 19.0 Å². The van der Waals surface area contributed by atoms with Crippen molar-refractivity contribution in [1.82, 2.24) is 10.6 Å². The van der Waals surface area contributed by atoms with Gasteiger partial charge in [-0.05, 0) is 35.4 Å². The molecule has 148 valence electrons. The van der Waals surface area contributed by atoms with E-state index in [9.17, 15) is 14.4 Å². The van der Waals surface area contributed by atoms with Crippen molar-refractivity contribution in [3.8, 4) is 0 Å². The molecule has 0 saturated carbocycles. The molecule has 3 amide bonds. The standard InChI is InChI=1S/C22H21N3O4/c23-20(26)17-9-4-8-16(12-17)14-24-21(27)18(13-15-6-2-1-3-7-15)25-22(28)19-10-5-11-29-19/h1-12,18H,13-14H2,(H2,23,26)(H,24,27)(H,25,28). The normalized spacial score (nSPS) is 11.4. The Morgan fingerprint density at radius 2 is 1.69 bits per heavy atom. The van der Waals surface area contributed by atoms with Gasteiger partial charge in [0.05, 0.1) is 6.26 Å². The lowest BCUT2D eigenvalue weighted by Gasteiger charge is -2.18. The Kier molecular flexibility index (Phi) is 6.42. The van der Waals surface area contributed by atoms with Crippen LogP contribution in [-0.4, -0.2) is 23.8 Å². The van der Waals surface area contributed by atoms with Gasteiger partial charge in [0.2, 0.25) is 11.8 Å². The Balaban J connectivity index is 1.70. The van der Waals surface area contributed by atoms with Crippen LogP contribution in [-0.2, 0) is 17.8 Å². The van der Waals surface area contributed by atoms with E-state index in [-0.39, 0.29) is 18.2 Å². The molecule has 1 heterocycles. The molecule has 0 fully saturated rings. The molecular formula is C22H21N3O4. The molecule has 1 atom stereocenters. The molecule has 0 saturated heterocycles. The fraction of sp³-hybridized carbons (Fsp3) is 0.136. The predicted octanol–water partition coefficient (Wildman–Crippen LogP) is 2.04. The smallest absolute Gasteiger partial charge is 0.287 e. The number of carbonyl (C=O) groups is 3. The summed E-state index contributed by atoms with van der Waals surface area (Å²) >= 11 is 0. The zero-order chi connectivity index (χ0) is 20.6. The number of benzene rings is 2. The second-order valence-electron chi connectivity index (χ2n) is 6.48. The Hall–Kier alpha value is -3.87. The highest BCUT2D eigenvalue weighted by Gasteiger charge is 2.23. The van der Waals surface area contributed by atoms with Gasteiger partial charge in [-0.15, -0.1) is 0 Å². The van der Waals surface area contributed by atoms with Crippen LogP contribution < -0.4 is 16.4 Å². The predicted molar refractivity (Wildman–Crippen MR) is 107 cm³/mol. The number of hydrogen-bond acceptors (Lipinski definition) is 4. The molecule has 0 bridgehead atoms. The van der Waals surface area contributed by atoms with Gasteiger partial charge in [0.25, 0.3) is 5.91 Å². The van der Waals surface area contributed by atoms with E-state index in [0.29, 0.717) is 12.0 Å². The average molecular weight is 391 g/mol. The number of nitrogens with one attached hydrogen (secondary N) is 2. The van der Waals surface area contributed by atoms with Crippen LogP contribution in [0.4, 0.5) is 0 Å². The Morgan fingerprint density at radius 3 is 2.38 bits per heavy atom. The highest BCUT2D eigenvalue weighted by atomic mass is 16.3. The first kappa shape index (κ1) is 19.9. The quantitative estimate of drug-likeness (QED) is 0.545. The van der Waals surface area contributed by atoms with Gasteiger partial charge in [-0.3, -0.25) is 14.4 Å². The van der Waals surface area contributed by atoms with Crippen LogP contribution in [0.15, 0.2) is 77.4 Å². The number of furan rings is 1. The van der Waals surface area contributed by atoms with E-state index >= 15 is 0 Å². The summed E-state index contributed by atoms with van der Waals surface area (Å²) in [6.45, 7) is 0.196. The van der Waals surface area contributed by atoms with Gasteiger partial charge in [-0.25, -0.2) is 0 Å². The number of rotatable bonds is 8. The lowest BCUT2D eigenvalue weighted by Crippen LogP contribution is -2.47. The van der Waals surface area contributed by atoms with E-state index in [1.807, 2.05) is 30.3 Å². The van der Waals surface area contributed by atoms with Crippen LogP contribution in [0.5, 0.6) is 0 Å². The van der Waals surface area contributed by atoms with Crippen molar-refractivity contribution < 1.29 is 18.8 Å². The zero-order valence-corrected chi connectivity index (χ0v) is 15.6. The third-order valence-corrected chi connectivity index (χ3v) is 4.33. The molecule has 0 spiro atoms. The van der Waals surface area contributed by atoms with Crippen molar-refractivity contribution in [2.24, 2.45) is 5.73 Å². The van der Waals surface area contributed by atoms with Gasteiger partial charge in [0.1, 0.15) is 6.04 Å². The molecular weight excluding hydrogens is 370 g/mol. The molecule has 4 N–H and O–H groups in total. The fourth-order valence-corrected chi connectivity index (χ4v) is 2.84. The summed E-state index contributed by atoms with van der Waals surface area (Å²) in [6.07, 6.45) is 1.72. The third-order valence-electron chi connectivity index (χ3n) is 4.33. The molecule has 0 aliphatic carbocycles. The van der Waals surface area contributed by atoms with Gasteiger partial charge in [0.15, 0.2) is 5.76 Å². The Morgan fingerprint density at radius 1 is 0.931 bits per heavy atom. The first-order chi connectivity index (χ1) is 14.0. The van der Waals surface area contributed by atoms with Crippen molar-refractivity contribution in [2.75, 3.05) is 0 Å². The first-order valence-electron chi connectivity index (χ1n) is 9.07. The maximum Gasteiger partial charge on any atom is 0.287 e. The summed E-state index contributed by atoms with van der Waals surface area (Å²) in [5.74, 6) is -1.23. The SMILES string of the molecule is NC(=O)c1cccc(CNC(=O)C(Cc2ccccc2)NC(=O)c2ccco2)c1. The summed E-state index contributed by atoms with van der Waals surface area (Å²) in [7, 11) is 0. The van der Waals surface area contributed by atoms with Gasteiger partial charge < -0.3 is 20.8 Å². The molecule has 1 aromatic heterocycles. The molecule has 3 rings (SSSR count). The number of hydrogen-bond donors (Lipinski definition) is 3. The molecule has 0 aliphatic heterocycles. The average Bonchev–Trinajstić information content (AvgIpc) is 3.27. The number of amides is 3. The van der Waals surface area contributed by atoms with E-state index in [0.717, 1.165) is 11.1 Å². The van der Waals surface area contributed by atoms with Crippen LogP contribution in [0.2, 0.25) is 0 Å². The summed E-state index contributed by atoms with van der Waals surface area (Å²) in [5.41, 5.74) is 7.29. The van der Waals surface area contributed by atoms with Crippen molar-refractivity contribution in [1.29, 1.82) is 0 Å². The van der Waals surface area contributed by atoms with E-state index in [4.69, 9.17) is 10.2 Å². The van der Waals surface area contributed by atoms with E-state index < -0.39 is 17.9 Å². The maximum atomic E-state index is 12.8. The lowest BCUT2D eigenvalue weighted by molar-refractivity contribution is -0.123. The molecule has 7 nitrogen and oxygen atoms in total. The van der Waals surface area contributed by atoms with Gasteiger partial charge in [0, 0.05) is 18.5 Å². The third kappa shape index (κ3) is 5.55. The summed E-state index contributed by atoms with van der Waals surface area (Å²) in [6, 6.07) is 18.4. The van der Waals surface area contributed by atoms with E-state index in [1.54, 1.807) is 30.3 Å². The van der Waals surface area contributed by atoms with E-state index in [1.165, 1.54) is 12.3 Å². The first-order valence-corrected chi connectivity index (χ1v) is 9.07. The van der Waals surface area contributed by atoms with Crippen molar-refractivity contribution in [3.05, 3.63) is 95.4 Å². The molecule has 0 radical (unpaired) electrons. The monoisotopic (exact) mass is 391 g/mol. The minimum absolute atomic E-state index is 0.130. The van der Waals surface area contributed by atoms with Crippen LogP contribution in [0, 0.1) is 0 Å². The largest absolute Gasteiger partial charge is 0.459 e. The Bertz CT molecular complexity index is 984. The minimum atomic E-state index is -0.797. The lowest BCUT2D eigenvalue weighted by atomic mass is 10.0. The highest BCUT2D eigenvalue weighted by Crippen LogP contribution is 2.08. The van der Waals surface area contributed by atoms with Crippen molar-refractivity contribution in [3.63, 3.8) is 0 Å².